The third-order valence-corrected chi connectivity index (χ3v) is 6.57. The lowest BCUT2D eigenvalue weighted by Gasteiger charge is -2.34. The Kier molecular flexibility index (Phi) is 6.43. The summed E-state index contributed by atoms with van der Waals surface area (Å²) in [7, 11) is 0. The summed E-state index contributed by atoms with van der Waals surface area (Å²) in [5, 5.41) is 5.32. The van der Waals surface area contributed by atoms with E-state index >= 15 is 0 Å². The van der Waals surface area contributed by atoms with E-state index in [-0.39, 0.29) is 5.91 Å². The van der Waals surface area contributed by atoms with Crippen molar-refractivity contribution >= 4 is 29.2 Å². The molecular weight excluding hydrogens is 446 g/mol. The normalized spacial score (nSPS) is 14.8. The van der Waals surface area contributed by atoms with Crippen molar-refractivity contribution in [1.82, 2.24) is 24.4 Å². The van der Waals surface area contributed by atoms with Crippen molar-refractivity contribution in [1.29, 1.82) is 0 Å². The van der Waals surface area contributed by atoms with Crippen LogP contribution in [0.15, 0.2) is 72.9 Å². The zero-order valence-corrected chi connectivity index (χ0v) is 19.8. The van der Waals surface area contributed by atoms with Crippen LogP contribution in [0, 0.1) is 6.92 Å². The van der Waals surface area contributed by atoms with Crippen LogP contribution in [0.3, 0.4) is 0 Å². The first kappa shape index (κ1) is 22.3. The molecule has 2 aromatic carbocycles. The van der Waals surface area contributed by atoms with Gasteiger partial charge >= 0.3 is 0 Å². The van der Waals surface area contributed by atoms with Gasteiger partial charge in [-0.25, -0.2) is 9.50 Å². The highest BCUT2D eigenvalue weighted by atomic mass is 35.5. The van der Waals surface area contributed by atoms with Crippen LogP contribution in [0.2, 0.25) is 5.02 Å². The average molecular weight is 472 g/mol. The van der Waals surface area contributed by atoms with Crippen LogP contribution in [0.1, 0.15) is 21.6 Å². The molecule has 7 heteroatoms. The van der Waals surface area contributed by atoms with Gasteiger partial charge in [0.1, 0.15) is 0 Å². The van der Waals surface area contributed by atoms with Gasteiger partial charge < -0.3 is 4.90 Å². The summed E-state index contributed by atoms with van der Waals surface area (Å²) in [5.41, 5.74) is 4.84. The Morgan fingerprint density at radius 1 is 1.03 bits per heavy atom. The molecule has 1 amide bonds. The molecule has 34 heavy (non-hydrogen) atoms. The smallest absolute Gasteiger partial charge is 0.257 e. The van der Waals surface area contributed by atoms with Gasteiger partial charge in [0.2, 0.25) is 0 Å². The molecule has 0 radical (unpaired) electrons. The Labute approximate surface area is 204 Å². The maximum Gasteiger partial charge on any atom is 0.257 e. The topological polar surface area (TPSA) is 53.7 Å². The number of amides is 1. The van der Waals surface area contributed by atoms with Gasteiger partial charge in [0, 0.05) is 50.6 Å². The molecule has 0 bridgehead atoms. The molecule has 172 valence electrons. The number of halogens is 1. The Morgan fingerprint density at radius 2 is 1.76 bits per heavy atom. The SMILES string of the molecule is Cc1c(C(=O)N2CCN(C/C=C/c3ccccc3)CC2)cnc2cc(-c3ccccc3Cl)nn12. The molecule has 0 saturated carbocycles. The Hall–Kier alpha value is -3.48. The molecule has 1 saturated heterocycles. The Bertz CT molecular complexity index is 1340. The summed E-state index contributed by atoms with van der Waals surface area (Å²) in [5.74, 6) is 0.00108. The van der Waals surface area contributed by atoms with Crippen LogP contribution in [-0.2, 0) is 0 Å². The number of hydrogen-bond acceptors (Lipinski definition) is 4. The maximum absolute atomic E-state index is 13.3. The molecule has 0 N–H and O–H groups in total. The van der Waals surface area contributed by atoms with Crippen molar-refractivity contribution in [2.45, 2.75) is 6.92 Å². The van der Waals surface area contributed by atoms with E-state index in [4.69, 9.17) is 11.6 Å². The number of hydrogen-bond donors (Lipinski definition) is 0. The van der Waals surface area contributed by atoms with Crippen molar-refractivity contribution in [3.63, 3.8) is 0 Å². The van der Waals surface area contributed by atoms with Gasteiger partial charge in [-0.2, -0.15) is 5.10 Å². The van der Waals surface area contributed by atoms with E-state index < -0.39 is 0 Å². The molecule has 4 aromatic rings. The monoisotopic (exact) mass is 471 g/mol. The largest absolute Gasteiger partial charge is 0.336 e. The predicted octanol–water partition coefficient (Wildman–Crippen LogP) is 4.83. The second-order valence-electron chi connectivity index (χ2n) is 8.44. The van der Waals surface area contributed by atoms with E-state index in [1.165, 1.54) is 5.56 Å². The number of carbonyl (C=O) groups is 1. The van der Waals surface area contributed by atoms with Gasteiger partial charge in [-0.05, 0) is 18.6 Å². The summed E-state index contributed by atoms with van der Waals surface area (Å²) in [6.45, 7) is 5.87. The molecule has 0 atom stereocenters. The van der Waals surface area contributed by atoms with Crippen molar-refractivity contribution in [2.24, 2.45) is 0 Å². The van der Waals surface area contributed by atoms with Gasteiger partial charge in [0.15, 0.2) is 5.65 Å². The highest BCUT2D eigenvalue weighted by Gasteiger charge is 2.24. The third kappa shape index (κ3) is 4.60. The van der Waals surface area contributed by atoms with Crippen molar-refractivity contribution in [3.05, 3.63) is 94.8 Å². The molecule has 2 aromatic heterocycles. The van der Waals surface area contributed by atoms with Crippen LogP contribution in [-0.4, -0.2) is 63.0 Å². The highest BCUT2D eigenvalue weighted by Crippen LogP contribution is 2.27. The first-order chi connectivity index (χ1) is 16.6. The first-order valence-electron chi connectivity index (χ1n) is 11.4. The van der Waals surface area contributed by atoms with E-state index in [2.05, 4.69) is 39.3 Å². The molecule has 1 aliphatic rings. The zero-order chi connectivity index (χ0) is 23.5. The fourth-order valence-corrected chi connectivity index (χ4v) is 4.50. The maximum atomic E-state index is 13.3. The summed E-state index contributed by atoms with van der Waals surface area (Å²) in [4.78, 5) is 22.1. The minimum atomic E-state index is 0.00108. The van der Waals surface area contributed by atoms with Crippen LogP contribution in [0.5, 0.6) is 0 Å². The van der Waals surface area contributed by atoms with E-state index in [1.54, 1.807) is 10.7 Å². The lowest BCUT2D eigenvalue weighted by molar-refractivity contribution is 0.0648. The second-order valence-corrected chi connectivity index (χ2v) is 8.85. The van der Waals surface area contributed by atoms with E-state index in [9.17, 15) is 4.79 Å². The molecule has 1 aliphatic heterocycles. The second kappa shape index (κ2) is 9.79. The lowest BCUT2D eigenvalue weighted by Crippen LogP contribution is -2.48. The minimum Gasteiger partial charge on any atom is -0.336 e. The molecule has 6 nitrogen and oxygen atoms in total. The highest BCUT2D eigenvalue weighted by molar-refractivity contribution is 6.33. The van der Waals surface area contributed by atoms with Crippen LogP contribution in [0.4, 0.5) is 0 Å². The molecular formula is C27H26ClN5O. The first-order valence-corrected chi connectivity index (χ1v) is 11.8. The third-order valence-electron chi connectivity index (χ3n) is 6.24. The summed E-state index contributed by atoms with van der Waals surface area (Å²) < 4.78 is 1.73. The fourth-order valence-electron chi connectivity index (χ4n) is 4.26. The van der Waals surface area contributed by atoms with Gasteiger partial charge in [-0.15, -0.1) is 0 Å². The fraction of sp³-hybridized carbons (Fsp3) is 0.222. The number of aromatic nitrogens is 3. The van der Waals surface area contributed by atoms with Gasteiger partial charge in [-0.1, -0.05) is 72.3 Å². The van der Waals surface area contributed by atoms with Crippen molar-refractivity contribution in [2.75, 3.05) is 32.7 Å². The van der Waals surface area contributed by atoms with Gasteiger partial charge in [0.05, 0.1) is 22.0 Å². The minimum absolute atomic E-state index is 0.00108. The quantitative estimate of drug-likeness (QED) is 0.418. The molecule has 0 aliphatic carbocycles. The van der Waals surface area contributed by atoms with E-state index in [1.807, 2.05) is 60.4 Å². The molecule has 0 spiro atoms. The zero-order valence-electron chi connectivity index (χ0n) is 19.1. The van der Waals surface area contributed by atoms with Crippen molar-refractivity contribution < 1.29 is 4.79 Å². The number of aryl methyl sites for hydroxylation is 1. The summed E-state index contributed by atoms with van der Waals surface area (Å²) in [6.07, 6.45) is 5.99. The van der Waals surface area contributed by atoms with Crippen LogP contribution < -0.4 is 0 Å². The number of piperazine rings is 1. The summed E-state index contributed by atoms with van der Waals surface area (Å²) in [6, 6.07) is 19.8. The van der Waals surface area contributed by atoms with E-state index in [0.717, 1.165) is 36.6 Å². The van der Waals surface area contributed by atoms with Gasteiger partial charge in [0.25, 0.3) is 5.91 Å². The van der Waals surface area contributed by atoms with E-state index in [0.29, 0.717) is 29.3 Å². The Balaban J connectivity index is 1.26. The van der Waals surface area contributed by atoms with Crippen LogP contribution in [0.25, 0.3) is 23.0 Å². The molecule has 5 rings (SSSR count). The Morgan fingerprint density at radius 3 is 2.53 bits per heavy atom. The lowest BCUT2D eigenvalue weighted by atomic mass is 10.1. The van der Waals surface area contributed by atoms with Crippen LogP contribution >= 0.6 is 11.6 Å². The number of benzene rings is 2. The number of fused-ring (bicyclic) bond motifs is 1. The number of carbonyl (C=O) groups excluding carboxylic acids is 1. The number of rotatable bonds is 5. The standard InChI is InChI=1S/C27H26ClN5O/c1-20-23(19-29-26-18-25(30-33(20)26)22-11-5-6-12-24(22)28)27(34)32-16-14-31(15-17-32)13-7-10-21-8-3-2-4-9-21/h2-12,18-19H,13-17H2,1H3/b10-7+. The van der Waals surface area contributed by atoms with Gasteiger partial charge in [-0.3, -0.25) is 9.69 Å². The molecule has 1 fully saturated rings. The molecule has 3 heterocycles. The summed E-state index contributed by atoms with van der Waals surface area (Å²) >= 11 is 6.35. The predicted molar refractivity (Wildman–Crippen MR) is 136 cm³/mol. The number of nitrogens with zero attached hydrogens (tertiary/aromatic N) is 5. The molecule has 0 unspecified atom stereocenters. The average Bonchev–Trinajstić information content (AvgIpc) is 3.30. The van der Waals surface area contributed by atoms with Crippen molar-refractivity contribution in [3.8, 4) is 11.3 Å².